The molecule has 0 radical (unpaired) electrons. The Kier molecular flexibility index (Phi) is 3.89. The van der Waals surface area contributed by atoms with Crippen molar-refractivity contribution < 1.29 is 18.3 Å². The fourth-order valence-electron chi connectivity index (χ4n) is 2.90. The molecule has 0 saturated carbocycles. The maximum atomic E-state index is 14.1. The van der Waals surface area contributed by atoms with Gasteiger partial charge in [-0.3, -0.25) is 9.48 Å². The normalized spacial score (nSPS) is 16.0. The Labute approximate surface area is 132 Å². The van der Waals surface area contributed by atoms with E-state index in [0.29, 0.717) is 12.0 Å². The monoisotopic (exact) mass is 321 g/mol. The minimum Gasteiger partial charge on any atom is -0.376 e. The molecule has 23 heavy (non-hydrogen) atoms. The second-order valence-corrected chi connectivity index (χ2v) is 5.61. The van der Waals surface area contributed by atoms with E-state index >= 15 is 0 Å². The zero-order valence-corrected chi connectivity index (χ0v) is 12.9. The number of carbonyl (C=O) groups excluding carboxylic acids is 1. The molecule has 1 aromatic carbocycles. The molecule has 0 unspecified atom stereocenters. The van der Waals surface area contributed by atoms with Crippen LogP contribution < -0.4 is 5.32 Å². The van der Waals surface area contributed by atoms with Gasteiger partial charge in [-0.05, 0) is 18.6 Å². The zero-order chi connectivity index (χ0) is 16.6. The number of amides is 1. The van der Waals surface area contributed by atoms with Gasteiger partial charge in [0.15, 0.2) is 0 Å². The summed E-state index contributed by atoms with van der Waals surface area (Å²) in [5.74, 6) is -1.81. The summed E-state index contributed by atoms with van der Waals surface area (Å²) in [5, 5.41) is 6.80. The summed E-state index contributed by atoms with van der Waals surface area (Å²) in [6.07, 6.45) is 2.08. The van der Waals surface area contributed by atoms with Crippen molar-refractivity contribution in [3.8, 4) is 0 Å². The number of nitrogens with zero attached hydrogens (tertiary/aromatic N) is 2. The lowest BCUT2D eigenvalue weighted by molar-refractivity contribution is -0.0765. The van der Waals surface area contributed by atoms with Crippen LogP contribution in [0.3, 0.4) is 0 Å². The zero-order valence-electron chi connectivity index (χ0n) is 12.9. The maximum absolute atomic E-state index is 14.1. The summed E-state index contributed by atoms with van der Waals surface area (Å²) >= 11 is 0. The van der Waals surface area contributed by atoms with Gasteiger partial charge < -0.3 is 10.1 Å². The van der Waals surface area contributed by atoms with Gasteiger partial charge in [-0.1, -0.05) is 13.0 Å². The summed E-state index contributed by atoms with van der Waals surface area (Å²) in [6, 6.07) is 3.64. The Morgan fingerprint density at radius 3 is 2.57 bits per heavy atom. The van der Waals surface area contributed by atoms with Gasteiger partial charge in [0.2, 0.25) is 0 Å². The molecule has 1 aromatic heterocycles. The van der Waals surface area contributed by atoms with Crippen LogP contribution in [0.4, 0.5) is 8.78 Å². The van der Waals surface area contributed by atoms with Crippen molar-refractivity contribution in [1.82, 2.24) is 15.1 Å². The van der Waals surface area contributed by atoms with Gasteiger partial charge in [-0.25, -0.2) is 8.78 Å². The molecule has 0 aliphatic carbocycles. The van der Waals surface area contributed by atoms with Gasteiger partial charge in [0.25, 0.3) is 5.91 Å². The third-order valence-electron chi connectivity index (χ3n) is 4.13. The number of aryl methyl sites for hydroxylation is 1. The first-order valence-electron chi connectivity index (χ1n) is 7.34. The second kappa shape index (κ2) is 5.73. The van der Waals surface area contributed by atoms with Crippen LogP contribution in [0.15, 0.2) is 24.4 Å². The number of rotatable bonds is 4. The van der Waals surface area contributed by atoms with Gasteiger partial charge in [0.05, 0.1) is 36.2 Å². The SMILES string of the molecule is CCc1c(C(=O)NC2(c3c(F)cccc3F)COC2)cnn1C. The number of halogens is 2. The third kappa shape index (κ3) is 2.50. The smallest absolute Gasteiger partial charge is 0.255 e. The highest BCUT2D eigenvalue weighted by Gasteiger charge is 2.46. The molecule has 1 aliphatic rings. The Balaban J connectivity index is 1.95. The van der Waals surface area contributed by atoms with Gasteiger partial charge in [0.1, 0.15) is 17.2 Å². The molecule has 0 spiro atoms. The number of ether oxygens (including phenoxy) is 1. The van der Waals surface area contributed by atoms with Crippen molar-refractivity contribution in [1.29, 1.82) is 0 Å². The van der Waals surface area contributed by atoms with Crippen molar-refractivity contribution in [2.45, 2.75) is 18.9 Å². The molecule has 5 nitrogen and oxygen atoms in total. The molecule has 7 heteroatoms. The largest absolute Gasteiger partial charge is 0.376 e. The molecule has 1 N–H and O–H groups in total. The highest BCUT2D eigenvalue weighted by Crippen LogP contribution is 2.33. The number of aromatic nitrogens is 2. The van der Waals surface area contributed by atoms with E-state index in [1.165, 1.54) is 24.4 Å². The van der Waals surface area contributed by atoms with Gasteiger partial charge in [0, 0.05) is 7.05 Å². The van der Waals surface area contributed by atoms with Crippen molar-refractivity contribution in [3.05, 3.63) is 52.9 Å². The fourth-order valence-corrected chi connectivity index (χ4v) is 2.90. The molecule has 3 rings (SSSR count). The molecule has 1 fully saturated rings. The van der Waals surface area contributed by atoms with E-state index in [2.05, 4.69) is 10.4 Å². The predicted octanol–water partition coefficient (Wildman–Crippen LogP) is 1.92. The van der Waals surface area contributed by atoms with E-state index in [0.717, 1.165) is 5.69 Å². The minimum absolute atomic E-state index is 0.0261. The first kappa shape index (κ1) is 15.6. The lowest BCUT2D eigenvalue weighted by Crippen LogP contribution is -2.60. The van der Waals surface area contributed by atoms with E-state index < -0.39 is 23.1 Å². The van der Waals surface area contributed by atoms with Crippen LogP contribution in [0.2, 0.25) is 0 Å². The molecule has 2 heterocycles. The molecule has 1 saturated heterocycles. The number of carbonyl (C=O) groups is 1. The van der Waals surface area contributed by atoms with Gasteiger partial charge >= 0.3 is 0 Å². The fraction of sp³-hybridized carbons (Fsp3) is 0.375. The highest BCUT2D eigenvalue weighted by molar-refractivity contribution is 5.95. The average Bonchev–Trinajstić information content (AvgIpc) is 2.85. The topological polar surface area (TPSA) is 56.1 Å². The lowest BCUT2D eigenvalue weighted by atomic mass is 9.86. The predicted molar refractivity (Wildman–Crippen MR) is 78.9 cm³/mol. The van der Waals surface area contributed by atoms with Crippen LogP contribution in [-0.4, -0.2) is 28.9 Å². The average molecular weight is 321 g/mol. The highest BCUT2D eigenvalue weighted by atomic mass is 19.1. The number of benzene rings is 1. The third-order valence-corrected chi connectivity index (χ3v) is 4.13. The van der Waals surface area contributed by atoms with E-state index in [-0.39, 0.29) is 18.8 Å². The molecule has 0 bridgehead atoms. The molecule has 2 aromatic rings. The van der Waals surface area contributed by atoms with Gasteiger partial charge in [-0.15, -0.1) is 0 Å². The molecular weight excluding hydrogens is 304 g/mol. The van der Waals surface area contributed by atoms with Gasteiger partial charge in [-0.2, -0.15) is 5.10 Å². The standard InChI is InChI=1S/C16H17F2N3O2/c1-3-13-10(7-19-21(13)2)15(22)20-16(8-23-9-16)14-11(17)5-4-6-12(14)18/h4-7H,3,8-9H2,1-2H3,(H,20,22). The summed E-state index contributed by atoms with van der Waals surface area (Å²) in [6.45, 7) is 1.96. The van der Waals surface area contributed by atoms with Crippen molar-refractivity contribution >= 4 is 5.91 Å². The maximum Gasteiger partial charge on any atom is 0.255 e. The van der Waals surface area contributed by atoms with Crippen molar-refractivity contribution in [2.75, 3.05) is 13.2 Å². The quantitative estimate of drug-likeness (QED) is 0.936. The van der Waals surface area contributed by atoms with Crippen LogP contribution in [0.5, 0.6) is 0 Å². The van der Waals surface area contributed by atoms with E-state index in [1.807, 2.05) is 6.92 Å². The van der Waals surface area contributed by atoms with Crippen molar-refractivity contribution in [2.24, 2.45) is 7.05 Å². The first-order valence-corrected chi connectivity index (χ1v) is 7.34. The Hall–Kier alpha value is -2.28. The summed E-state index contributed by atoms with van der Waals surface area (Å²) in [7, 11) is 1.74. The van der Waals surface area contributed by atoms with Crippen LogP contribution >= 0.6 is 0 Å². The summed E-state index contributed by atoms with van der Waals surface area (Å²) < 4.78 is 35.0. The Morgan fingerprint density at radius 1 is 1.39 bits per heavy atom. The summed E-state index contributed by atoms with van der Waals surface area (Å²) in [4.78, 5) is 12.6. The molecule has 1 amide bonds. The Bertz CT molecular complexity index is 734. The van der Waals surface area contributed by atoms with Crippen LogP contribution in [-0.2, 0) is 23.7 Å². The lowest BCUT2D eigenvalue weighted by Gasteiger charge is -2.42. The molecular formula is C16H17F2N3O2. The molecule has 1 aliphatic heterocycles. The van der Waals surface area contributed by atoms with E-state index in [1.54, 1.807) is 11.7 Å². The molecule has 122 valence electrons. The van der Waals surface area contributed by atoms with Crippen molar-refractivity contribution in [3.63, 3.8) is 0 Å². The number of nitrogens with one attached hydrogen (secondary N) is 1. The van der Waals surface area contributed by atoms with Crippen LogP contribution in [0.1, 0.15) is 28.5 Å². The second-order valence-electron chi connectivity index (χ2n) is 5.61. The molecule has 0 atom stereocenters. The van der Waals surface area contributed by atoms with E-state index in [4.69, 9.17) is 4.74 Å². The number of hydrogen-bond acceptors (Lipinski definition) is 3. The first-order chi connectivity index (χ1) is 11.0. The Morgan fingerprint density at radius 2 is 2.04 bits per heavy atom. The minimum atomic E-state index is -1.19. The summed E-state index contributed by atoms with van der Waals surface area (Å²) in [5.41, 5.74) is -0.195. The van der Waals surface area contributed by atoms with Crippen LogP contribution in [0, 0.1) is 11.6 Å². The number of hydrogen-bond donors (Lipinski definition) is 1. The van der Waals surface area contributed by atoms with E-state index in [9.17, 15) is 13.6 Å². The van der Waals surface area contributed by atoms with Crippen LogP contribution in [0.25, 0.3) is 0 Å².